The largest absolute Gasteiger partial charge is 0.395 e. The summed E-state index contributed by atoms with van der Waals surface area (Å²) in [6.07, 6.45) is 1.04. The van der Waals surface area contributed by atoms with Gasteiger partial charge in [-0.2, -0.15) is 5.10 Å². The van der Waals surface area contributed by atoms with Crippen molar-refractivity contribution in [3.05, 3.63) is 12.3 Å². The van der Waals surface area contributed by atoms with Gasteiger partial charge in [-0.25, -0.2) is 0 Å². The molecule has 122 valence electrons. The van der Waals surface area contributed by atoms with Gasteiger partial charge in [-0.05, 0) is 19.9 Å². The number of nitrogens with zero attached hydrogens (tertiary/aromatic N) is 2. The molecular formula is C13H26N4O4. The standard InChI is InChI=1S/C13H26N4O4/c1-13(2,9-17-4-3-12(14)16-17)21-8-11(20)5-15-10(6-18)7-19/h3-4,10-11,15,18-20H,5-9H2,1-2H3,(H2,14,16)/t11-/m1/s1. The molecule has 0 bridgehead atoms. The summed E-state index contributed by atoms with van der Waals surface area (Å²) < 4.78 is 7.38. The van der Waals surface area contributed by atoms with Crippen LogP contribution in [0, 0.1) is 0 Å². The molecule has 8 heteroatoms. The van der Waals surface area contributed by atoms with Gasteiger partial charge in [0.1, 0.15) is 5.82 Å². The van der Waals surface area contributed by atoms with Crippen LogP contribution in [0.25, 0.3) is 0 Å². The van der Waals surface area contributed by atoms with Crippen LogP contribution in [0.15, 0.2) is 12.3 Å². The molecule has 1 aromatic heterocycles. The quantitative estimate of drug-likeness (QED) is 0.358. The Balaban J connectivity index is 2.31. The number of ether oxygens (including phenoxy) is 1. The minimum absolute atomic E-state index is 0.139. The van der Waals surface area contributed by atoms with Crippen molar-refractivity contribution in [2.45, 2.75) is 38.1 Å². The maximum Gasteiger partial charge on any atom is 0.145 e. The van der Waals surface area contributed by atoms with Crippen molar-refractivity contribution in [1.29, 1.82) is 0 Å². The molecule has 1 rings (SSSR count). The molecule has 6 N–H and O–H groups in total. The number of nitrogen functional groups attached to an aromatic ring is 1. The Morgan fingerprint density at radius 1 is 1.43 bits per heavy atom. The molecule has 0 unspecified atom stereocenters. The SMILES string of the molecule is CC(C)(Cn1ccc(N)n1)OC[C@H](O)CNC(CO)CO. The molecule has 0 aliphatic heterocycles. The van der Waals surface area contributed by atoms with E-state index in [9.17, 15) is 5.11 Å². The summed E-state index contributed by atoms with van der Waals surface area (Å²) in [6.45, 7) is 4.31. The first-order valence-electron chi connectivity index (χ1n) is 6.92. The van der Waals surface area contributed by atoms with Gasteiger partial charge in [0.05, 0.1) is 44.1 Å². The van der Waals surface area contributed by atoms with Gasteiger partial charge in [0.15, 0.2) is 0 Å². The number of aliphatic hydroxyl groups is 3. The Kier molecular flexibility index (Phi) is 7.06. The Morgan fingerprint density at radius 3 is 2.62 bits per heavy atom. The third-order valence-corrected chi connectivity index (χ3v) is 2.95. The molecule has 0 radical (unpaired) electrons. The number of nitrogens with two attached hydrogens (primary N) is 1. The van der Waals surface area contributed by atoms with Gasteiger partial charge in [0.25, 0.3) is 0 Å². The highest BCUT2D eigenvalue weighted by Crippen LogP contribution is 2.13. The second kappa shape index (κ2) is 8.30. The fraction of sp³-hybridized carbons (Fsp3) is 0.769. The van der Waals surface area contributed by atoms with Gasteiger partial charge < -0.3 is 31.1 Å². The van der Waals surface area contributed by atoms with E-state index < -0.39 is 17.7 Å². The first-order chi connectivity index (χ1) is 9.86. The van der Waals surface area contributed by atoms with Gasteiger partial charge in [-0.1, -0.05) is 0 Å². The number of nitrogens with one attached hydrogen (secondary N) is 1. The van der Waals surface area contributed by atoms with E-state index >= 15 is 0 Å². The highest BCUT2D eigenvalue weighted by atomic mass is 16.5. The van der Waals surface area contributed by atoms with Crippen LogP contribution in [0.2, 0.25) is 0 Å². The summed E-state index contributed by atoms with van der Waals surface area (Å²) in [7, 11) is 0. The van der Waals surface area contributed by atoms with Crippen LogP contribution in [0.4, 0.5) is 5.82 Å². The Labute approximate surface area is 124 Å². The van der Waals surface area contributed by atoms with E-state index in [1.54, 1.807) is 16.9 Å². The number of hydrogen-bond donors (Lipinski definition) is 5. The second-order valence-electron chi connectivity index (χ2n) is 5.63. The van der Waals surface area contributed by atoms with Gasteiger partial charge in [0, 0.05) is 12.7 Å². The zero-order valence-corrected chi connectivity index (χ0v) is 12.6. The number of hydrogen-bond acceptors (Lipinski definition) is 7. The van der Waals surface area contributed by atoms with Crippen LogP contribution in [0.3, 0.4) is 0 Å². The van der Waals surface area contributed by atoms with Crippen LogP contribution in [-0.2, 0) is 11.3 Å². The average molecular weight is 302 g/mol. The Morgan fingerprint density at radius 2 is 2.10 bits per heavy atom. The molecule has 8 nitrogen and oxygen atoms in total. The Bertz CT molecular complexity index is 407. The van der Waals surface area contributed by atoms with Crippen LogP contribution in [0.5, 0.6) is 0 Å². The molecule has 1 heterocycles. The predicted octanol–water partition coefficient (Wildman–Crippen LogP) is -1.44. The number of aliphatic hydroxyl groups excluding tert-OH is 3. The van der Waals surface area contributed by atoms with E-state index in [4.69, 9.17) is 20.7 Å². The lowest BCUT2D eigenvalue weighted by Gasteiger charge is -2.27. The van der Waals surface area contributed by atoms with E-state index in [2.05, 4.69) is 10.4 Å². The van der Waals surface area contributed by atoms with E-state index in [0.29, 0.717) is 12.4 Å². The zero-order chi connectivity index (χ0) is 15.9. The van der Waals surface area contributed by atoms with Crippen molar-refractivity contribution in [3.63, 3.8) is 0 Å². The molecule has 0 saturated carbocycles. The molecule has 0 aliphatic rings. The minimum atomic E-state index is -0.729. The maximum atomic E-state index is 9.83. The zero-order valence-electron chi connectivity index (χ0n) is 12.6. The molecule has 1 aromatic rings. The van der Waals surface area contributed by atoms with E-state index in [-0.39, 0.29) is 26.4 Å². The number of rotatable bonds is 10. The number of aromatic nitrogens is 2. The molecule has 0 amide bonds. The van der Waals surface area contributed by atoms with Crippen molar-refractivity contribution in [2.24, 2.45) is 0 Å². The lowest BCUT2D eigenvalue weighted by molar-refractivity contribution is -0.0691. The summed E-state index contributed by atoms with van der Waals surface area (Å²) in [5.74, 6) is 0.453. The first-order valence-corrected chi connectivity index (χ1v) is 6.92. The van der Waals surface area contributed by atoms with Crippen molar-refractivity contribution in [1.82, 2.24) is 15.1 Å². The molecule has 0 fully saturated rings. The first kappa shape index (κ1) is 17.9. The predicted molar refractivity (Wildman–Crippen MR) is 78.6 cm³/mol. The maximum absolute atomic E-state index is 9.83. The molecular weight excluding hydrogens is 276 g/mol. The Hall–Kier alpha value is -1.19. The lowest BCUT2D eigenvalue weighted by Crippen LogP contribution is -2.43. The second-order valence-corrected chi connectivity index (χ2v) is 5.63. The van der Waals surface area contributed by atoms with Gasteiger partial charge in [0.2, 0.25) is 0 Å². The van der Waals surface area contributed by atoms with Crippen molar-refractivity contribution < 1.29 is 20.1 Å². The summed E-state index contributed by atoms with van der Waals surface area (Å²) in [6, 6.07) is 1.28. The fourth-order valence-corrected chi connectivity index (χ4v) is 1.77. The molecule has 21 heavy (non-hydrogen) atoms. The molecule has 0 aromatic carbocycles. The lowest BCUT2D eigenvalue weighted by atomic mass is 10.1. The minimum Gasteiger partial charge on any atom is -0.395 e. The molecule has 0 saturated heterocycles. The van der Waals surface area contributed by atoms with E-state index in [0.717, 1.165) is 0 Å². The summed E-state index contributed by atoms with van der Waals surface area (Å²) in [5, 5.41) is 34.6. The molecule has 0 spiro atoms. The van der Waals surface area contributed by atoms with Crippen molar-refractivity contribution >= 4 is 5.82 Å². The third kappa shape index (κ3) is 6.87. The van der Waals surface area contributed by atoms with Crippen LogP contribution < -0.4 is 11.1 Å². The van der Waals surface area contributed by atoms with Gasteiger partial charge >= 0.3 is 0 Å². The monoisotopic (exact) mass is 302 g/mol. The summed E-state index contributed by atoms with van der Waals surface area (Å²) >= 11 is 0. The van der Waals surface area contributed by atoms with Gasteiger partial charge in [-0.15, -0.1) is 0 Å². The normalized spacial score (nSPS) is 13.8. The van der Waals surface area contributed by atoms with Crippen LogP contribution >= 0.6 is 0 Å². The highest BCUT2D eigenvalue weighted by molar-refractivity contribution is 5.23. The van der Waals surface area contributed by atoms with Crippen molar-refractivity contribution in [3.8, 4) is 0 Å². The van der Waals surface area contributed by atoms with Crippen LogP contribution in [0.1, 0.15) is 13.8 Å². The average Bonchev–Trinajstić information content (AvgIpc) is 2.82. The summed E-state index contributed by atoms with van der Waals surface area (Å²) in [4.78, 5) is 0. The molecule has 1 atom stereocenters. The van der Waals surface area contributed by atoms with Gasteiger partial charge in [-0.3, -0.25) is 4.68 Å². The van der Waals surface area contributed by atoms with E-state index in [1.807, 2.05) is 13.8 Å². The smallest absolute Gasteiger partial charge is 0.145 e. The number of anilines is 1. The van der Waals surface area contributed by atoms with E-state index in [1.165, 1.54) is 0 Å². The third-order valence-electron chi connectivity index (χ3n) is 2.95. The van der Waals surface area contributed by atoms with Crippen LogP contribution in [-0.4, -0.2) is 69.2 Å². The topological polar surface area (TPSA) is 126 Å². The highest BCUT2D eigenvalue weighted by Gasteiger charge is 2.21. The molecule has 0 aliphatic carbocycles. The summed E-state index contributed by atoms with van der Waals surface area (Å²) in [5.41, 5.74) is 5.04. The van der Waals surface area contributed by atoms with Crippen molar-refractivity contribution in [2.75, 3.05) is 32.1 Å². The fourth-order valence-electron chi connectivity index (χ4n) is 1.77.